The Kier molecular flexibility index (Phi) is 7.99. The molecule has 14 heteroatoms. The summed E-state index contributed by atoms with van der Waals surface area (Å²) in [7, 11) is 1.47. The van der Waals surface area contributed by atoms with E-state index in [0.717, 1.165) is 6.07 Å². The Bertz CT molecular complexity index is 1290. The molecular weight excluding hydrogens is 549 g/mol. The van der Waals surface area contributed by atoms with E-state index in [1.54, 1.807) is 6.07 Å². The average Bonchev–Trinajstić information content (AvgIpc) is 2.83. The maximum atomic E-state index is 13.3. The molecule has 0 atom stereocenters. The molecule has 5 N–H and O–H groups in total. The molecule has 10 nitrogen and oxygen atoms in total. The Hall–Kier alpha value is -4.33. The number of aromatic nitrogens is 1. The fourth-order valence-electron chi connectivity index (χ4n) is 2.86. The lowest BCUT2D eigenvalue weighted by Gasteiger charge is -2.24. The normalized spacial score (nSPS) is 10.8. The van der Waals surface area contributed by atoms with Gasteiger partial charge in [-0.1, -0.05) is 15.9 Å². The van der Waals surface area contributed by atoms with Crippen molar-refractivity contribution in [1.29, 1.82) is 0 Å². The van der Waals surface area contributed by atoms with Gasteiger partial charge in [-0.15, -0.1) is 0 Å². The van der Waals surface area contributed by atoms with Crippen molar-refractivity contribution in [2.75, 3.05) is 17.4 Å². The number of ether oxygens (including phenoxy) is 1. The summed E-state index contributed by atoms with van der Waals surface area (Å²) in [6, 6.07) is 9.71. The Balaban J connectivity index is 1.77. The minimum Gasteiger partial charge on any atom is -0.457 e. The number of alkyl halides is 3. The van der Waals surface area contributed by atoms with Gasteiger partial charge in [0.05, 0.1) is 11.3 Å². The molecule has 0 unspecified atom stereocenters. The zero-order chi connectivity index (χ0) is 26.5. The van der Waals surface area contributed by atoms with Gasteiger partial charge in [-0.3, -0.25) is 9.78 Å². The number of hydrogen-bond acceptors (Lipinski definition) is 5. The summed E-state index contributed by atoms with van der Waals surface area (Å²) in [6.07, 6.45) is -3.31. The molecule has 1 heterocycles. The summed E-state index contributed by atoms with van der Waals surface area (Å²) in [6.45, 7) is 0. The first kappa shape index (κ1) is 26.3. The summed E-state index contributed by atoms with van der Waals surface area (Å²) < 4.78 is 45.3. The first-order chi connectivity index (χ1) is 17.0. The second-order valence-corrected chi connectivity index (χ2v) is 7.84. The van der Waals surface area contributed by atoms with Gasteiger partial charge in [0.1, 0.15) is 17.2 Å². The van der Waals surface area contributed by atoms with Crippen molar-refractivity contribution in [3.63, 3.8) is 0 Å². The smallest absolute Gasteiger partial charge is 0.417 e. The summed E-state index contributed by atoms with van der Waals surface area (Å²) in [4.78, 5) is 39.8. The standard InChI is InChI=1S/C22H18BrF3N6O4/c1-28-19(33)18-11-15(8-9-29-18)36-14-5-2-12(3-6-14)30-21(35)32(31-20(27)34)13-4-7-17(23)16(10-13)22(24,25)26/h2-11H,1H3,(H,28,33)(H,30,35)(H3,27,31,34). The molecule has 0 spiro atoms. The molecule has 0 fully saturated rings. The molecule has 3 rings (SSSR count). The molecule has 0 bridgehead atoms. The van der Waals surface area contributed by atoms with Crippen molar-refractivity contribution < 1.29 is 32.3 Å². The fourth-order valence-corrected chi connectivity index (χ4v) is 3.33. The second-order valence-electron chi connectivity index (χ2n) is 6.99. The molecule has 0 aliphatic rings. The van der Waals surface area contributed by atoms with E-state index in [2.05, 4.69) is 31.5 Å². The number of nitrogens with zero attached hydrogens (tertiary/aromatic N) is 2. The number of rotatable bonds is 5. The molecule has 0 saturated carbocycles. The Morgan fingerprint density at radius 1 is 1.03 bits per heavy atom. The summed E-state index contributed by atoms with van der Waals surface area (Å²) in [5, 5.41) is 5.44. The van der Waals surface area contributed by atoms with Gasteiger partial charge in [-0.05, 0) is 48.5 Å². The van der Waals surface area contributed by atoms with Crippen LogP contribution in [0.4, 0.5) is 34.1 Å². The van der Waals surface area contributed by atoms with Crippen LogP contribution in [0.5, 0.6) is 11.5 Å². The van der Waals surface area contributed by atoms with E-state index in [-0.39, 0.29) is 27.4 Å². The number of primary amides is 1. The van der Waals surface area contributed by atoms with Crippen molar-refractivity contribution in [2.24, 2.45) is 5.73 Å². The average molecular weight is 567 g/mol. The highest BCUT2D eigenvalue weighted by molar-refractivity contribution is 9.10. The molecule has 0 aliphatic carbocycles. The predicted octanol–water partition coefficient (Wildman–Crippen LogP) is 4.64. The Labute approximate surface area is 210 Å². The van der Waals surface area contributed by atoms with Crippen LogP contribution in [-0.2, 0) is 6.18 Å². The number of benzene rings is 2. The number of carbonyl (C=O) groups excluding carboxylic acids is 3. The number of urea groups is 2. The highest BCUT2D eigenvalue weighted by Gasteiger charge is 2.34. The largest absolute Gasteiger partial charge is 0.457 e. The summed E-state index contributed by atoms with van der Waals surface area (Å²) in [5.41, 5.74) is 6.14. The third-order valence-corrected chi connectivity index (χ3v) is 5.16. The lowest BCUT2D eigenvalue weighted by atomic mass is 10.2. The monoisotopic (exact) mass is 566 g/mol. The number of nitrogens with two attached hydrogens (primary N) is 1. The van der Waals surface area contributed by atoms with Gasteiger partial charge in [0.25, 0.3) is 5.91 Å². The van der Waals surface area contributed by atoms with Gasteiger partial charge in [0.15, 0.2) is 0 Å². The maximum absolute atomic E-state index is 13.3. The number of halogens is 4. The number of amides is 5. The summed E-state index contributed by atoms with van der Waals surface area (Å²) in [5.74, 6) is 0.311. The van der Waals surface area contributed by atoms with Crippen LogP contribution in [0, 0.1) is 0 Å². The SMILES string of the molecule is CNC(=O)c1cc(Oc2ccc(NC(=O)N(NC(N)=O)c3ccc(Br)c(C(F)(F)F)c3)cc2)ccn1. The van der Waals surface area contributed by atoms with E-state index in [1.807, 2.05) is 5.43 Å². The van der Waals surface area contributed by atoms with Gasteiger partial charge in [-0.25, -0.2) is 20.0 Å². The topological polar surface area (TPSA) is 139 Å². The zero-order valence-corrected chi connectivity index (χ0v) is 20.0. The van der Waals surface area contributed by atoms with Crippen LogP contribution < -0.4 is 31.5 Å². The van der Waals surface area contributed by atoms with Gasteiger partial charge >= 0.3 is 18.2 Å². The van der Waals surface area contributed by atoms with Gasteiger partial charge in [0, 0.05) is 29.5 Å². The van der Waals surface area contributed by atoms with Gasteiger partial charge < -0.3 is 21.1 Å². The van der Waals surface area contributed by atoms with Crippen LogP contribution in [0.1, 0.15) is 16.1 Å². The van der Waals surface area contributed by atoms with Crippen molar-refractivity contribution in [2.45, 2.75) is 6.18 Å². The van der Waals surface area contributed by atoms with E-state index in [0.29, 0.717) is 22.6 Å². The van der Waals surface area contributed by atoms with Crippen LogP contribution in [0.25, 0.3) is 0 Å². The Morgan fingerprint density at radius 2 is 1.72 bits per heavy atom. The predicted molar refractivity (Wildman–Crippen MR) is 128 cm³/mol. The number of nitrogens with one attached hydrogen (secondary N) is 3. The van der Waals surface area contributed by atoms with E-state index < -0.39 is 23.8 Å². The van der Waals surface area contributed by atoms with Gasteiger partial charge in [-0.2, -0.15) is 13.2 Å². The zero-order valence-electron chi connectivity index (χ0n) is 18.4. The lowest BCUT2D eigenvalue weighted by molar-refractivity contribution is -0.138. The first-order valence-electron chi connectivity index (χ1n) is 9.98. The van der Waals surface area contributed by atoms with Crippen molar-refractivity contribution in [1.82, 2.24) is 15.7 Å². The van der Waals surface area contributed by atoms with E-state index in [9.17, 15) is 27.6 Å². The maximum Gasteiger partial charge on any atom is 0.417 e. The van der Waals surface area contributed by atoms with Crippen LogP contribution in [-0.4, -0.2) is 30.0 Å². The molecule has 1 aromatic heterocycles. The number of hydrogen-bond donors (Lipinski definition) is 4. The Morgan fingerprint density at radius 3 is 2.33 bits per heavy atom. The van der Waals surface area contributed by atoms with Crippen molar-refractivity contribution >= 4 is 45.3 Å². The number of hydrazine groups is 1. The third-order valence-electron chi connectivity index (χ3n) is 4.47. The third kappa shape index (κ3) is 6.63. The molecule has 36 heavy (non-hydrogen) atoms. The number of pyridine rings is 1. The van der Waals surface area contributed by atoms with Crippen molar-refractivity contribution in [3.8, 4) is 11.5 Å². The van der Waals surface area contributed by atoms with Gasteiger partial charge in [0.2, 0.25) is 0 Å². The minimum absolute atomic E-state index is 0.155. The van der Waals surface area contributed by atoms with E-state index in [4.69, 9.17) is 10.5 Å². The molecule has 0 radical (unpaired) electrons. The first-order valence-corrected chi connectivity index (χ1v) is 10.8. The number of anilines is 2. The van der Waals surface area contributed by atoms with Crippen molar-refractivity contribution in [3.05, 3.63) is 76.5 Å². The second kappa shape index (κ2) is 10.9. The number of carbonyl (C=O) groups is 3. The molecule has 0 aliphatic heterocycles. The van der Waals surface area contributed by atoms with Crippen LogP contribution in [0.3, 0.4) is 0 Å². The highest BCUT2D eigenvalue weighted by Crippen LogP contribution is 2.37. The quantitative estimate of drug-likeness (QED) is 0.333. The lowest BCUT2D eigenvalue weighted by Crippen LogP contribution is -2.50. The molecular formula is C22H18BrF3N6O4. The molecule has 2 aromatic carbocycles. The molecule has 3 aromatic rings. The van der Waals surface area contributed by atoms with Crippen LogP contribution in [0.2, 0.25) is 0 Å². The van der Waals surface area contributed by atoms with E-state index in [1.165, 1.54) is 49.6 Å². The molecule has 5 amide bonds. The molecule has 188 valence electrons. The van der Waals surface area contributed by atoms with E-state index >= 15 is 0 Å². The molecule has 0 saturated heterocycles. The fraction of sp³-hybridized carbons (Fsp3) is 0.0909. The minimum atomic E-state index is -4.71. The van der Waals surface area contributed by atoms with Crippen LogP contribution >= 0.6 is 15.9 Å². The highest BCUT2D eigenvalue weighted by atomic mass is 79.9. The van der Waals surface area contributed by atoms with Crippen LogP contribution in [0.15, 0.2) is 65.3 Å². The summed E-state index contributed by atoms with van der Waals surface area (Å²) >= 11 is 2.82.